The van der Waals surface area contributed by atoms with Gasteiger partial charge >= 0.3 is 0 Å². The molecule has 0 aliphatic rings. The van der Waals surface area contributed by atoms with Gasteiger partial charge in [-0.15, -0.1) is 0 Å². The van der Waals surface area contributed by atoms with Gasteiger partial charge in [0.25, 0.3) is 5.56 Å². The van der Waals surface area contributed by atoms with Gasteiger partial charge < -0.3 is 14.4 Å². The quantitative estimate of drug-likeness (QED) is 0.496. The minimum Gasteiger partial charge on any atom is -0.354 e. The summed E-state index contributed by atoms with van der Waals surface area (Å²) < 4.78 is 7.01. The fourth-order valence-electron chi connectivity index (χ4n) is 3.18. The number of hydrogen-bond donors (Lipinski definition) is 1. The summed E-state index contributed by atoms with van der Waals surface area (Å²) in [6.45, 7) is 1.13. The Morgan fingerprint density at radius 3 is 2.61 bits per heavy atom. The maximum atomic E-state index is 12.0. The number of aromatic nitrogens is 4. The third-order valence-electron chi connectivity index (χ3n) is 4.77. The third-order valence-corrected chi connectivity index (χ3v) is 4.77. The predicted octanol–water partition coefficient (Wildman–Crippen LogP) is 3.26. The highest BCUT2D eigenvalue weighted by molar-refractivity contribution is 5.66. The Morgan fingerprint density at radius 1 is 1.06 bits per heavy atom. The van der Waals surface area contributed by atoms with E-state index in [-0.39, 0.29) is 12.0 Å². The number of nitrogens with one attached hydrogen (secondary N) is 1. The fourth-order valence-corrected chi connectivity index (χ4v) is 3.18. The second kappa shape index (κ2) is 9.15. The Balaban J connectivity index is 1.61. The number of aryl methyl sites for hydroxylation is 1. The molecule has 0 fully saturated rings. The van der Waals surface area contributed by atoms with Crippen molar-refractivity contribution in [1.29, 1.82) is 5.26 Å². The van der Waals surface area contributed by atoms with E-state index in [0.29, 0.717) is 29.4 Å². The van der Waals surface area contributed by atoms with Crippen LogP contribution in [0.5, 0.6) is 0 Å². The third kappa shape index (κ3) is 4.57. The van der Waals surface area contributed by atoms with Crippen LogP contribution in [0.3, 0.4) is 0 Å². The molecule has 3 aromatic heterocycles. The molecule has 0 spiro atoms. The summed E-state index contributed by atoms with van der Waals surface area (Å²) in [6.07, 6.45) is 5.17. The monoisotopic (exact) mass is 412 g/mol. The summed E-state index contributed by atoms with van der Waals surface area (Å²) in [5, 5.41) is 16.1. The zero-order chi connectivity index (χ0) is 21.6. The molecule has 0 aliphatic carbocycles. The lowest BCUT2D eigenvalue weighted by atomic mass is 10.1. The van der Waals surface area contributed by atoms with Crippen molar-refractivity contribution in [2.45, 2.75) is 19.5 Å². The summed E-state index contributed by atoms with van der Waals surface area (Å²) in [6, 6.07) is 15.1. The first-order valence-corrected chi connectivity index (χ1v) is 9.79. The molecule has 4 rings (SSSR count). The van der Waals surface area contributed by atoms with Crippen LogP contribution < -0.4 is 10.9 Å². The van der Waals surface area contributed by atoms with Gasteiger partial charge in [-0.25, -0.2) is 4.98 Å². The van der Waals surface area contributed by atoms with Crippen LogP contribution in [0, 0.1) is 11.3 Å². The lowest BCUT2D eigenvalue weighted by Crippen LogP contribution is -2.18. The van der Waals surface area contributed by atoms with Crippen molar-refractivity contribution in [3.05, 3.63) is 77.0 Å². The van der Waals surface area contributed by atoms with Crippen molar-refractivity contribution in [3.8, 4) is 40.0 Å². The molecule has 0 saturated carbocycles. The molecule has 4 aromatic rings. The Labute approximate surface area is 178 Å². The van der Waals surface area contributed by atoms with Crippen LogP contribution in [-0.4, -0.2) is 26.7 Å². The summed E-state index contributed by atoms with van der Waals surface area (Å²) in [5.41, 5.74) is 4.54. The Hall–Kier alpha value is -4.09. The standard InChI is InChI=1S/C23H20N6O2/c1-25-12-16-3-5-17(6-4-16)19-11-22(31-28-19)21-14-26-13-20(27-21)18-7-8-23(30)29(15-18)10-2-9-24/h3-8,11,13-15,25H,2,10,12H2,1H3. The second-order valence-corrected chi connectivity index (χ2v) is 6.95. The zero-order valence-electron chi connectivity index (χ0n) is 16.9. The normalized spacial score (nSPS) is 10.7. The molecular weight excluding hydrogens is 392 g/mol. The smallest absolute Gasteiger partial charge is 0.250 e. The molecule has 154 valence electrons. The van der Waals surface area contributed by atoms with Gasteiger partial charge in [-0.1, -0.05) is 29.4 Å². The van der Waals surface area contributed by atoms with E-state index in [1.807, 2.05) is 43.4 Å². The van der Waals surface area contributed by atoms with Crippen molar-refractivity contribution >= 4 is 0 Å². The first-order valence-electron chi connectivity index (χ1n) is 9.79. The van der Waals surface area contributed by atoms with Gasteiger partial charge in [0, 0.05) is 42.5 Å². The summed E-state index contributed by atoms with van der Waals surface area (Å²) in [4.78, 5) is 20.9. The SMILES string of the molecule is CNCc1ccc(-c2cc(-c3cncc(-c4ccc(=O)n(CCC#N)c4)n3)on2)cc1. The molecule has 8 heteroatoms. The van der Waals surface area contributed by atoms with Crippen LogP contribution in [0.25, 0.3) is 34.0 Å². The Bertz CT molecular complexity index is 1280. The molecule has 0 saturated heterocycles. The highest BCUT2D eigenvalue weighted by Gasteiger charge is 2.12. The van der Waals surface area contributed by atoms with Crippen LogP contribution in [0.2, 0.25) is 0 Å². The van der Waals surface area contributed by atoms with E-state index in [1.165, 1.54) is 16.2 Å². The average Bonchev–Trinajstić information content (AvgIpc) is 3.30. The first kappa shape index (κ1) is 20.2. The van der Waals surface area contributed by atoms with E-state index < -0.39 is 0 Å². The van der Waals surface area contributed by atoms with Crippen molar-refractivity contribution in [2.75, 3.05) is 7.05 Å². The minimum atomic E-state index is -0.163. The van der Waals surface area contributed by atoms with Crippen LogP contribution in [0.4, 0.5) is 0 Å². The van der Waals surface area contributed by atoms with E-state index >= 15 is 0 Å². The van der Waals surface area contributed by atoms with E-state index in [2.05, 4.69) is 20.4 Å². The number of benzene rings is 1. The van der Waals surface area contributed by atoms with E-state index in [1.54, 1.807) is 24.7 Å². The first-order chi connectivity index (χ1) is 15.2. The topological polar surface area (TPSA) is 110 Å². The molecule has 0 aliphatic heterocycles. The van der Waals surface area contributed by atoms with Crippen LogP contribution in [0.15, 0.2) is 70.4 Å². The van der Waals surface area contributed by atoms with Gasteiger partial charge in [0.1, 0.15) is 11.4 Å². The number of rotatable bonds is 7. The summed E-state index contributed by atoms with van der Waals surface area (Å²) in [7, 11) is 1.91. The lowest BCUT2D eigenvalue weighted by Gasteiger charge is -2.06. The molecule has 8 nitrogen and oxygen atoms in total. The summed E-state index contributed by atoms with van der Waals surface area (Å²) in [5.74, 6) is 0.501. The molecule has 0 amide bonds. The van der Waals surface area contributed by atoms with Gasteiger partial charge in [-0.05, 0) is 18.7 Å². The zero-order valence-corrected chi connectivity index (χ0v) is 16.9. The van der Waals surface area contributed by atoms with Gasteiger partial charge in [0.15, 0.2) is 5.76 Å². The molecule has 1 N–H and O–H groups in total. The molecule has 0 bridgehead atoms. The minimum absolute atomic E-state index is 0.163. The highest BCUT2D eigenvalue weighted by Crippen LogP contribution is 2.26. The lowest BCUT2D eigenvalue weighted by molar-refractivity contribution is 0.433. The van der Waals surface area contributed by atoms with Crippen LogP contribution in [-0.2, 0) is 13.1 Å². The van der Waals surface area contributed by atoms with Crippen molar-refractivity contribution in [1.82, 2.24) is 25.0 Å². The van der Waals surface area contributed by atoms with Gasteiger partial charge in [-0.3, -0.25) is 9.78 Å². The molecule has 0 radical (unpaired) electrons. The predicted molar refractivity (Wildman–Crippen MR) is 116 cm³/mol. The van der Waals surface area contributed by atoms with Crippen LogP contribution >= 0.6 is 0 Å². The molecule has 1 aromatic carbocycles. The Kier molecular flexibility index (Phi) is 5.96. The number of nitrogens with zero attached hydrogens (tertiary/aromatic N) is 5. The average molecular weight is 412 g/mol. The van der Waals surface area contributed by atoms with Crippen molar-refractivity contribution in [2.24, 2.45) is 0 Å². The number of nitriles is 1. The number of hydrogen-bond acceptors (Lipinski definition) is 7. The maximum absolute atomic E-state index is 12.0. The maximum Gasteiger partial charge on any atom is 0.250 e. The van der Waals surface area contributed by atoms with E-state index in [4.69, 9.17) is 9.78 Å². The molecule has 31 heavy (non-hydrogen) atoms. The Morgan fingerprint density at radius 2 is 1.84 bits per heavy atom. The summed E-state index contributed by atoms with van der Waals surface area (Å²) >= 11 is 0. The molecule has 3 heterocycles. The molecular formula is C23H20N6O2. The van der Waals surface area contributed by atoms with Crippen molar-refractivity contribution in [3.63, 3.8) is 0 Å². The largest absolute Gasteiger partial charge is 0.354 e. The van der Waals surface area contributed by atoms with Crippen LogP contribution in [0.1, 0.15) is 12.0 Å². The fraction of sp³-hybridized carbons (Fsp3) is 0.174. The molecule has 0 atom stereocenters. The highest BCUT2D eigenvalue weighted by atomic mass is 16.5. The van der Waals surface area contributed by atoms with Gasteiger partial charge in [0.05, 0.1) is 30.6 Å². The molecule has 0 unspecified atom stereocenters. The van der Waals surface area contributed by atoms with Gasteiger partial charge in [0.2, 0.25) is 0 Å². The van der Waals surface area contributed by atoms with E-state index in [9.17, 15) is 4.79 Å². The number of pyridine rings is 1. The van der Waals surface area contributed by atoms with Gasteiger partial charge in [-0.2, -0.15) is 5.26 Å². The van der Waals surface area contributed by atoms with E-state index in [0.717, 1.165) is 17.7 Å². The second-order valence-electron chi connectivity index (χ2n) is 6.95. The van der Waals surface area contributed by atoms with Crippen molar-refractivity contribution < 1.29 is 4.52 Å².